The van der Waals surface area contributed by atoms with E-state index < -0.39 is 0 Å². The first-order valence-corrected chi connectivity index (χ1v) is 11.6. The monoisotopic (exact) mass is 460 g/mol. The molecule has 0 saturated carbocycles. The molecule has 0 aliphatic heterocycles. The van der Waals surface area contributed by atoms with Gasteiger partial charge in [-0.05, 0) is 57.4 Å². The first kappa shape index (κ1) is 24.8. The molecule has 0 saturated heterocycles. The Balaban J connectivity index is 1.79. The molecule has 34 heavy (non-hydrogen) atoms. The fourth-order valence-corrected chi connectivity index (χ4v) is 3.68. The van der Waals surface area contributed by atoms with Crippen LogP contribution in [0.2, 0.25) is 0 Å². The molecule has 178 valence electrons. The fraction of sp³-hybridized carbons (Fsp3) is 0.286. The topological polar surface area (TPSA) is 76.7 Å². The number of anilines is 2. The fourth-order valence-electron chi connectivity index (χ4n) is 3.68. The van der Waals surface area contributed by atoms with E-state index in [9.17, 15) is 9.59 Å². The Bertz CT molecular complexity index is 1140. The van der Waals surface area contributed by atoms with Crippen molar-refractivity contribution in [1.29, 1.82) is 0 Å². The summed E-state index contributed by atoms with van der Waals surface area (Å²) in [5.41, 5.74) is 5.06. The molecule has 6 heteroatoms. The molecule has 0 fully saturated rings. The minimum absolute atomic E-state index is 0.121. The molecule has 0 radical (unpaired) electrons. The van der Waals surface area contributed by atoms with Crippen LogP contribution in [0.1, 0.15) is 47.3 Å². The van der Waals surface area contributed by atoms with Gasteiger partial charge < -0.3 is 20.1 Å². The third-order valence-electron chi connectivity index (χ3n) is 5.36. The van der Waals surface area contributed by atoms with Crippen molar-refractivity contribution < 1.29 is 19.1 Å². The van der Waals surface area contributed by atoms with Gasteiger partial charge in [-0.25, -0.2) is 0 Å². The molecule has 3 aromatic carbocycles. The number of amides is 2. The molecule has 0 atom stereocenters. The zero-order valence-corrected chi connectivity index (χ0v) is 20.2. The summed E-state index contributed by atoms with van der Waals surface area (Å²) in [7, 11) is 0. The van der Waals surface area contributed by atoms with Gasteiger partial charge in [-0.3, -0.25) is 9.59 Å². The number of aryl methyl sites for hydroxylation is 3. The lowest BCUT2D eigenvalue weighted by Crippen LogP contribution is -2.16. The summed E-state index contributed by atoms with van der Waals surface area (Å²) in [6.45, 7) is 8.66. The van der Waals surface area contributed by atoms with Gasteiger partial charge in [-0.1, -0.05) is 42.0 Å². The lowest BCUT2D eigenvalue weighted by Gasteiger charge is -2.18. The Morgan fingerprint density at radius 2 is 1.41 bits per heavy atom. The van der Waals surface area contributed by atoms with Crippen molar-refractivity contribution in [3.63, 3.8) is 0 Å². The molecule has 0 aliphatic rings. The van der Waals surface area contributed by atoms with Crippen LogP contribution in [0.5, 0.6) is 11.5 Å². The summed E-state index contributed by atoms with van der Waals surface area (Å²) in [6.07, 6.45) is 0.984. The van der Waals surface area contributed by atoms with E-state index in [1.165, 1.54) is 11.1 Å². The maximum absolute atomic E-state index is 12.8. The molecule has 2 N–H and O–H groups in total. The molecular formula is C28H32N2O4. The van der Waals surface area contributed by atoms with E-state index in [4.69, 9.17) is 9.47 Å². The second-order valence-electron chi connectivity index (χ2n) is 8.01. The molecule has 2 amide bonds. The summed E-state index contributed by atoms with van der Waals surface area (Å²) in [4.78, 5) is 25.5. The zero-order chi connectivity index (χ0) is 24.5. The van der Waals surface area contributed by atoms with E-state index >= 15 is 0 Å². The molecule has 0 aliphatic carbocycles. The van der Waals surface area contributed by atoms with E-state index in [0.717, 1.165) is 5.56 Å². The molecule has 6 nitrogen and oxygen atoms in total. The van der Waals surface area contributed by atoms with Crippen LogP contribution in [-0.4, -0.2) is 25.0 Å². The highest BCUT2D eigenvalue weighted by Crippen LogP contribution is 2.37. The molecule has 3 aromatic rings. The van der Waals surface area contributed by atoms with Crippen LogP contribution in [0.4, 0.5) is 11.4 Å². The summed E-state index contributed by atoms with van der Waals surface area (Å²) < 4.78 is 11.5. The van der Waals surface area contributed by atoms with Gasteiger partial charge in [-0.15, -0.1) is 0 Å². The number of hydrogen-bond acceptors (Lipinski definition) is 4. The highest BCUT2D eigenvalue weighted by Gasteiger charge is 2.17. The van der Waals surface area contributed by atoms with Crippen molar-refractivity contribution in [2.24, 2.45) is 0 Å². The van der Waals surface area contributed by atoms with Crippen molar-refractivity contribution in [2.45, 2.75) is 40.5 Å². The molecule has 0 spiro atoms. The van der Waals surface area contributed by atoms with Crippen molar-refractivity contribution in [3.05, 3.63) is 82.9 Å². The van der Waals surface area contributed by atoms with E-state index in [-0.39, 0.29) is 11.8 Å². The molecule has 3 rings (SSSR count). The van der Waals surface area contributed by atoms with Crippen LogP contribution in [0.15, 0.2) is 60.7 Å². The average Bonchev–Trinajstić information content (AvgIpc) is 2.82. The van der Waals surface area contributed by atoms with Crippen LogP contribution in [0, 0.1) is 13.8 Å². The standard InChI is InChI=1S/C28H32N2O4/c1-5-33-25-18-24(30-28(32)22-10-8-7-9-11-22)26(34-6-2)17-23(25)29-27(31)15-14-21-13-12-19(3)16-20(21)4/h7-13,16-18H,5-6,14-15H2,1-4H3,(H,29,31)(H,30,32). The smallest absolute Gasteiger partial charge is 0.255 e. The van der Waals surface area contributed by atoms with Crippen LogP contribution in [0.3, 0.4) is 0 Å². The highest BCUT2D eigenvalue weighted by atomic mass is 16.5. The molecule has 0 heterocycles. The Morgan fingerprint density at radius 1 is 0.794 bits per heavy atom. The third kappa shape index (κ3) is 6.61. The van der Waals surface area contributed by atoms with Crippen LogP contribution in [0.25, 0.3) is 0 Å². The molecule has 0 unspecified atom stereocenters. The van der Waals surface area contributed by atoms with Crippen molar-refractivity contribution >= 4 is 23.2 Å². The maximum Gasteiger partial charge on any atom is 0.255 e. The minimum atomic E-state index is -0.255. The Labute approximate surface area is 201 Å². The van der Waals surface area contributed by atoms with Gasteiger partial charge in [0.1, 0.15) is 11.5 Å². The van der Waals surface area contributed by atoms with Crippen LogP contribution in [-0.2, 0) is 11.2 Å². The second kappa shape index (κ2) is 11.9. The molecule has 0 bridgehead atoms. The average molecular weight is 461 g/mol. The summed E-state index contributed by atoms with van der Waals surface area (Å²) in [5, 5.41) is 5.84. The predicted octanol–water partition coefficient (Wildman–Crippen LogP) is 5.92. The van der Waals surface area contributed by atoms with E-state index in [1.54, 1.807) is 36.4 Å². The van der Waals surface area contributed by atoms with Gasteiger partial charge in [-0.2, -0.15) is 0 Å². The lowest BCUT2D eigenvalue weighted by atomic mass is 10.0. The molecule has 0 aromatic heterocycles. The number of rotatable bonds is 10. The number of nitrogens with one attached hydrogen (secondary N) is 2. The largest absolute Gasteiger partial charge is 0.492 e. The summed E-state index contributed by atoms with van der Waals surface area (Å²) in [5.74, 6) is 0.549. The number of benzene rings is 3. The SMILES string of the molecule is CCOc1cc(NC(=O)c2ccccc2)c(OCC)cc1NC(=O)CCc1ccc(C)cc1C. The van der Waals surface area contributed by atoms with Gasteiger partial charge in [0.25, 0.3) is 5.91 Å². The predicted molar refractivity (Wildman–Crippen MR) is 136 cm³/mol. The Morgan fingerprint density at radius 3 is 2.00 bits per heavy atom. The zero-order valence-electron chi connectivity index (χ0n) is 20.2. The van der Waals surface area contributed by atoms with Gasteiger partial charge in [0, 0.05) is 24.1 Å². The molecular weight excluding hydrogens is 428 g/mol. The summed E-state index contributed by atoms with van der Waals surface area (Å²) in [6, 6.07) is 18.6. The van der Waals surface area contributed by atoms with Crippen molar-refractivity contribution in [3.8, 4) is 11.5 Å². The Kier molecular flexibility index (Phi) is 8.68. The van der Waals surface area contributed by atoms with Crippen molar-refractivity contribution in [1.82, 2.24) is 0 Å². The normalized spacial score (nSPS) is 10.5. The quantitative estimate of drug-likeness (QED) is 0.393. The van der Waals surface area contributed by atoms with E-state index in [0.29, 0.717) is 54.5 Å². The lowest BCUT2D eigenvalue weighted by molar-refractivity contribution is -0.116. The number of carbonyl (C=O) groups is 2. The second-order valence-corrected chi connectivity index (χ2v) is 8.01. The highest BCUT2D eigenvalue weighted by molar-refractivity contribution is 6.05. The van der Waals surface area contributed by atoms with Gasteiger partial charge in [0.05, 0.1) is 24.6 Å². The number of ether oxygens (including phenoxy) is 2. The van der Waals surface area contributed by atoms with Gasteiger partial charge in [0.15, 0.2) is 0 Å². The maximum atomic E-state index is 12.8. The minimum Gasteiger partial charge on any atom is -0.492 e. The van der Waals surface area contributed by atoms with Crippen molar-refractivity contribution in [2.75, 3.05) is 23.8 Å². The Hall–Kier alpha value is -3.80. The first-order chi connectivity index (χ1) is 16.4. The van der Waals surface area contributed by atoms with Crippen LogP contribution < -0.4 is 20.1 Å². The third-order valence-corrected chi connectivity index (χ3v) is 5.36. The van der Waals surface area contributed by atoms with Gasteiger partial charge in [0.2, 0.25) is 5.91 Å². The summed E-state index contributed by atoms with van der Waals surface area (Å²) >= 11 is 0. The van der Waals surface area contributed by atoms with Gasteiger partial charge >= 0.3 is 0 Å². The number of carbonyl (C=O) groups excluding carboxylic acids is 2. The number of hydrogen-bond donors (Lipinski definition) is 2. The van der Waals surface area contributed by atoms with E-state index in [2.05, 4.69) is 42.7 Å². The first-order valence-electron chi connectivity index (χ1n) is 11.6. The van der Waals surface area contributed by atoms with E-state index in [1.807, 2.05) is 19.9 Å². The van der Waals surface area contributed by atoms with Crippen LogP contribution >= 0.6 is 0 Å².